The normalized spacial score (nSPS) is 12.5. The Labute approximate surface area is 217 Å². The van der Waals surface area contributed by atoms with Crippen LogP contribution in [-0.2, 0) is 7.05 Å². The van der Waals surface area contributed by atoms with Gasteiger partial charge in [-0.2, -0.15) is 0 Å². The smallest absolute Gasteiger partial charge is 0.297 e. The van der Waals surface area contributed by atoms with Crippen molar-refractivity contribution in [3.8, 4) is 22.8 Å². The topological polar surface area (TPSA) is 26.2 Å². The maximum atomic E-state index is 7.02. The summed E-state index contributed by atoms with van der Waals surface area (Å²) in [7, 11) is 2.09. The Morgan fingerprint density at radius 3 is 2.22 bits per heavy atom. The molecule has 3 nitrogen and oxygen atoms in total. The van der Waals surface area contributed by atoms with Crippen molar-refractivity contribution in [3.63, 3.8) is 0 Å². The summed E-state index contributed by atoms with van der Waals surface area (Å²) in [6, 6.07) is 29.8. The first-order chi connectivity index (χ1) is 18.0. The van der Waals surface area contributed by atoms with Gasteiger partial charge >= 0.3 is 0 Å². The lowest BCUT2D eigenvalue weighted by atomic mass is 9.36. The molecule has 0 N–H and O–H groups in total. The number of pyridine rings is 1. The van der Waals surface area contributed by atoms with E-state index in [1.54, 1.807) is 0 Å². The minimum atomic E-state index is -0.0509. The molecule has 3 heterocycles. The Hall–Kier alpha value is -4.31. The van der Waals surface area contributed by atoms with E-state index < -0.39 is 0 Å². The first kappa shape index (κ1) is 21.9. The van der Waals surface area contributed by atoms with E-state index in [-0.39, 0.29) is 6.71 Å². The van der Waals surface area contributed by atoms with Crippen LogP contribution in [0.5, 0.6) is 11.5 Å². The van der Waals surface area contributed by atoms with E-state index in [9.17, 15) is 0 Å². The van der Waals surface area contributed by atoms with E-state index in [1.165, 1.54) is 27.5 Å². The van der Waals surface area contributed by atoms with Gasteiger partial charge in [-0.3, -0.25) is 0 Å². The van der Waals surface area contributed by atoms with E-state index in [0.717, 1.165) is 50.2 Å². The van der Waals surface area contributed by atoms with Crippen LogP contribution in [0.1, 0.15) is 16.7 Å². The molecule has 0 atom stereocenters. The minimum absolute atomic E-state index is 0.0509. The number of furan rings is 1. The Morgan fingerprint density at radius 1 is 0.730 bits per heavy atom. The molecule has 4 aromatic carbocycles. The molecule has 178 valence electrons. The zero-order valence-electron chi connectivity index (χ0n) is 21.5. The molecule has 0 saturated carbocycles. The Bertz CT molecular complexity index is 1850. The number of ether oxygens (including phenoxy) is 1. The van der Waals surface area contributed by atoms with E-state index in [0.29, 0.717) is 0 Å². The summed E-state index contributed by atoms with van der Waals surface area (Å²) in [5.41, 5.74) is 10.1. The molecule has 0 fully saturated rings. The van der Waals surface area contributed by atoms with Gasteiger partial charge in [0.1, 0.15) is 18.5 Å². The molecule has 2 aromatic heterocycles. The maximum Gasteiger partial charge on any atom is 0.297 e. The number of benzene rings is 4. The summed E-state index contributed by atoms with van der Waals surface area (Å²) in [4.78, 5) is 0. The highest BCUT2D eigenvalue weighted by Gasteiger charge is 2.40. The standard InChI is InChI=1S/C33H27BNO2/c1-20-12-11-13-21(2)30(20)34-25-16-7-8-18-27(25)36-32-29-24-15-6-5-14-23(24)22(3)28(31(29)37-33(32)34)26-17-9-10-19-35(26)4/h5-19H,1-4H3/q+1. The molecule has 0 amide bonds. The van der Waals surface area contributed by atoms with Crippen molar-refractivity contribution in [2.24, 2.45) is 7.05 Å². The highest BCUT2D eigenvalue weighted by molar-refractivity contribution is 6.97. The van der Waals surface area contributed by atoms with E-state index >= 15 is 0 Å². The number of para-hydroxylation sites is 1. The predicted molar refractivity (Wildman–Crippen MR) is 152 cm³/mol. The Kier molecular flexibility index (Phi) is 4.81. The molecule has 6 aromatic rings. The van der Waals surface area contributed by atoms with Gasteiger partial charge in [-0.1, -0.05) is 77.3 Å². The number of fused-ring (bicyclic) bond motifs is 6. The largest absolute Gasteiger partial charge is 0.465 e. The Morgan fingerprint density at radius 2 is 1.43 bits per heavy atom. The zero-order valence-corrected chi connectivity index (χ0v) is 21.5. The monoisotopic (exact) mass is 480 g/mol. The van der Waals surface area contributed by atoms with Gasteiger partial charge in [0.15, 0.2) is 17.5 Å². The lowest BCUT2D eigenvalue weighted by molar-refractivity contribution is -0.660. The fourth-order valence-electron chi connectivity index (χ4n) is 6.20. The average Bonchev–Trinajstić information content (AvgIpc) is 3.28. The second-order valence-corrected chi connectivity index (χ2v) is 10.1. The molecule has 0 aliphatic carbocycles. The van der Waals surface area contributed by atoms with Crippen molar-refractivity contribution in [3.05, 3.63) is 108 Å². The van der Waals surface area contributed by atoms with Gasteiger partial charge in [0.2, 0.25) is 5.69 Å². The van der Waals surface area contributed by atoms with Crippen LogP contribution in [0.25, 0.3) is 33.0 Å². The van der Waals surface area contributed by atoms with Crippen LogP contribution in [0, 0.1) is 20.8 Å². The summed E-state index contributed by atoms with van der Waals surface area (Å²) < 4.78 is 15.9. The number of aryl methyl sites for hydroxylation is 4. The van der Waals surface area contributed by atoms with E-state index in [4.69, 9.17) is 9.15 Å². The highest BCUT2D eigenvalue weighted by atomic mass is 16.5. The van der Waals surface area contributed by atoms with Crippen molar-refractivity contribution in [2.75, 3.05) is 0 Å². The quantitative estimate of drug-likeness (QED) is 0.237. The molecule has 0 spiro atoms. The minimum Gasteiger partial charge on any atom is -0.465 e. The van der Waals surface area contributed by atoms with Crippen LogP contribution in [-0.4, -0.2) is 6.71 Å². The number of aromatic nitrogens is 1. The SMILES string of the molecule is Cc1cccc(C)c1B1c2ccccc2Oc2c1oc1c(-c3cccc[n+]3C)c(C)c3ccccc3c21. The third-order valence-corrected chi connectivity index (χ3v) is 7.94. The van der Waals surface area contributed by atoms with Crippen LogP contribution in [0.3, 0.4) is 0 Å². The van der Waals surface area contributed by atoms with Crippen LogP contribution in [0.2, 0.25) is 0 Å². The van der Waals surface area contributed by atoms with Gasteiger partial charge in [0, 0.05) is 12.1 Å². The highest BCUT2D eigenvalue weighted by Crippen LogP contribution is 2.44. The van der Waals surface area contributed by atoms with Gasteiger partial charge in [-0.05, 0) is 54.7 Å². The van der Waals surface area contributed by atoms with Crippen molar-refractivity contribution >= 4 is 45.0 Å². The third kappa shape index (κ3) is 3.12. The van der Waals surface area contributed by atoms with Crippen LogP contribution in [0.4, 0.5) is 0 Å². The predicted octanol–water partition coefficient (Wildman–Crippen LogP) is 5.62. The molecule has 0 saturated heterocycles. The lowest BCUT2D eigenvalue weighted by Crippen LogP contribution is -2.56. The van der Waals surface area contributed by atoms with Crippen LogP contribution >= 0.6 is 0 Å². The first-order valence-electron chi connectivity index (χ1n) is 12.8. The fourth-order valence-corrected chi connectivity index (χ4v) is 6.20. The average molecular weight is 480 g/mol. The van der Waals surface area contributed by atoms with Gasteiger partial charge in [0.25, 0.3) is 6.71 Å². The molecule has 1 aliphatic rings. The lowest BCUT2D eigenvalue weighted by Gasteiger charge is -2.25. The van der Waals surface area contributed by atoms with E-state index in [2.05, 4.69) is 117 Å². The van der Waals surface area contributed by atoms with Gasteiger partial charge in [0.05, 0.1) is 10.9 Å². The molecule has 37 heavy (non-hydrogen) atoms. The van der Waals surface area contributed by atoms with Crippen LogP contribution < -0.4 is 25.9 Å². The van der Waals surface area contributed by atoms with Gasteiger partial charge < -0.3 is 9.15 Å². The molecule has 1 aliphatic heterocycles. The number of nitrogens with zero attached hydrogens (tertiary/aromatic N) is 1. The summed E-state index contributed by atoms with van der Waals surface area (Å²) in [5, 5.41) is 3.41. The fraction of sp³-hybridized carbons (Fsp3) is 0.121. The second-order valence-electron chi connectivity index (χ2n) is 10.1. The van der Waals surface area contributed by atoms with E-state index in [1.807, 2.05) is 6.07 Å². The molecule has 7 rings (SSSR count). The third-order valence-electron chi connectivity index (χ3n) is 7.94. The molecular formula is C33H27BNO2+. The van der Waals surface area contributed by atoms with Crippen molar-refractivity contribution in [1.29, 1.82) is 0 Å². The molecule has 0 radical (unpaired) electrons. The number of rotatable bonds is 2. The molecular weight excluding hydrogens is 453 g/mol. The summed E-state index contributed by atoms with van der Waals surface area (Å²) in [6.45, 7) is 6.53. The first-order valence-corrected chi connectivity index (χ1v) is 12.8. The van der Waals surface area contributed by atoms with Crippen molar-refractivity contribution < 1.29 is 13.7 Å². The zero-order chi connectivity index (χ0) is 25.3. The molecule has 0 unspecified atom stereocenters. The molecule has 4 heteroatoms. The van der Waals surface area contributed by atoms with Crippen LogP contribution in [0.15, 0.2) is 95.5 Å². The molecule has 0 bridgehead atoms. The second kappa shape index (κ2) is 8.11. The summed E-state index contributed by atoms with van der Waals surface area (Å²) in [5.74, 6) is 1.72. The number of hydrogen-bond acceptors (Lipinski definition) is 2. The maximum absolute atomic E-state index is 7.02. The van der Waals surface area contributed by atoms with Gasteiger partial charge in [-0.25, -0.2) is 4.57 Å². The van der Waals surface area contributed by atoms with Crippen molar-refractivity contribution in [2.45, 2.75) is 20.8 Å². The number of hydrogen-bond donors (Lipinski definition) is 0. The summed E-state index contributed by atoms with van der Waals surface area (Å²) >= 11 is 0. The summed E-state index contributed by atoms with van der Waals surface area (Å²) in [6.07, 6.45) is 2.09. The van der Waals surface area contributed by atoms with Crippen molar-refractivity contribution in [1.82, 2.24) is 0 Å². The Balaban J connectivity index is 1.66. The van der Waals surface area contributed by atoms with Gasteiger partial charge in [-0.15, -0.1) is 0 Å².